The minimum absolute atomic E-state index is 0.272. The molecule has 1 amide bonds. The molecule has 0 spiro atoms. The number of rotatable bonds is 14. The van der Waals surface area contributed by atoms with Crippen LogP contribution in [0.2, 0.25) is 0 Å². The molecule has 1 atom stereocenters. The van der Waals surface area contributed by atoms with Gasteiger partial charge in [-0.15, -0.1) is 5.10 Å². The molecular weight excluding hydrogens is 606 g/mol. The van der Waals surface area contributed by atoms with Crippen molar-refractivity contribution in [2.75, 3.05) is 36.7 Å². The van der Waals surface area contributed by atoms with E-state index in [9.17, 15) is 4.79 Å². The van der Waals surface area contributed by atoms with E-state index in [1.807, 2.05) is 50.2 Å². The molecule has 1 aromatic heterocycles. The number of amides is 1. The summed E-state index contributed by atoms with van der Waals surface area (Å²) in [6.07, 6.45) is 4.16. The van der Waals surface area contributed by atoms with Gasteiger partial charge in [0.25, 0.3) is 5.91 Å². The topological polar surface area (TPSA) is 99.5 Å². The van der Waals surface area contributed by atoms with Crippen molar-refractivity contribution in [2.24, 2.45) is 0 Å². The molecule has 11 heteroatoms. The van der Waals surface area contributed by atoms with Gasteiger partial charge in [0, 0.05) is 11.4 Å². The number of carbonyl (C=O) groups is 1. The Bertz CT molecular complexity index is 1390. The first-order chi connectivity index (χ1) is 19.9. The highest BCUT2D eigenvalue weighted by atomic mass is 79.9. The van der Waals surface area contributed by atoms with Gasteiger partial charge in [0.2, 0.25) is 11.1 Å². The summed E-state index contributed by atoms with van der Waals surface area (Å²) in [5, 5.41) is 11.8. The lowest BCUT2D eigenvalue weighted by Gasteiger charge is -2.29. The molecule has 1 aliphatic heterocycles. The number of fused-ring (bicyclic) bond motifs is 1. The number of allylic oxidation sites excluding steroid dienone is 1. The average Bonchev–Trinajstić information content (AvgIpc) is 3.37. The molecule has 0 saturated heterocycles. The van der Waals surface area contributed by atoms with E-state index in [1.165, 1.54) is 0 Å². The normalized spacial score (nSPS) is 14.3. The zero-order chi connectivity index (χ0) is 29.4. The number of methoxy groups -OCH3 is 1. The number of nitrogens with one attached hydrogen (secondary N) is 2. The Morgan fingerprint density at radius 1 is 1.12 bits per heavy atom. The number of aromatic nitrogens is 3. The van der Waals surface area contributed by atoms with Gasteiger partial charge in [0.1, 0.15) is 11.8 Å². The lowest BCUT2D eigenvalue weighted by molar-refractivity contribution is -0.113. The number of benzene rings is 2. The molecule has 1 aliphatic rings. The smallest absolute Gasteiger partial charge is 0.255 e. The molecule has 4 rings (SSSR count). The second-order valence-corrected chi connectivity index (χ2v) is 11.5. The Morgan fingerprint density at radius 3 is 2.66 bits per heavy atom. The third-order valence-electron chi connectivity index (χ3n) is 6.51. The lowest BCUT2D eigenvalue weighted by Crippen LogP contribution is -2.31. The number of hydrogen-bond acceptors (Lipinski definition) is 8. The maximum atomic E-state index is 14.0. The van der Waals surface area contributed by atoms with Gasteiger partial charge in [0.05, 0.1) is 36.1 Å². The number of hydrogen-bond donors (Lipinski definition) is 2. The standard InChI is InChI=1S/C30H38BrN5O4S/c1-6-9-12-15-40-27-21(31)17-20(18-24(27)38-5)26-25(28(37)33-22-13-10-11-14-23(22)39-8-3)19(4)32-29-34-30(35-36(26)29)41-16-7-2/h10-11,13-14,17-18,26H,6-9,12,15-16H2,1-5H3,(H,33,37)(H,32,34,35). The SMILES string of the molecule is CCCCCOc1c(Br)cc(C2C(C(=O)Nc3ccccc3OCC)=C(C)Nc3nc(SCCC)nn32)cc1OC. The summed E-state index contributed by atoms with van der Waals surface area (Å²) in [7, 11) is 1.62. The van der Waals surface area contributed by atoms with Crippen LogP contribution >= 0.6 is 27.7 Å². The van der Waals surface area contributed by atoms with E-state index in [-0.39, 0.29) is 5.91 Å². The molecule has 0 radical (unpaired) electrons. The molecule has 41 heavy (non-hydrogen) atoms. The predicted molar refractivity (Wildman–Crippen MR) is 167 cm³/mol. The fourth-order valence-electron chi connectivity index (χ4n) is 4.59. The number of unbranched alkanes of at least 4 members (excludes halogenated alkanes) is 2. The summed E-state index contributed by atoms with van der Waals surface area (Å²) in [4.78, 5) is 18.7. The second kappa shape index (κ2) is 14.6. The molecular formula is C30H38BrN5O4S. The molecule has 2 N–H and O–H groups in total. The molecule has 0 fully saturated rings. The number of para-hydroxylation sites is 2. The van der Waals surface area contributed by atoms with Gasteiger partial charge >= 0.3 is 0 Å². The van der Waals surface area contributed by atoms with Crippen molar-refractivity contribution in [2.45, 2.75) is 64.6 Å². The molecule has 0 saturated carbocycles. The van der Waals surface area contributed by atoms with Crippen molar-refractivity contribution in [1.29, 1.82) is 0 Å². The van der Waals surface area contributed by atoms with Gasteiger partial charge in [-0.25, -0.2) is 4.68 Å². The predicted octanol–water partition coefficient (Wildman–Crippen LogP) is 7.45. The van der Waals surface area contributed by atoms with E-state index in [1.54, 1.807) is 23.6 Å². The first-order valence-electron chi connectivity index (χ1n) is 14.0. The van der Waals surface area contributed by atoms with Crippen LogP contribution in [0.25, 0.3) is 0 Å². The number of nitrogens with zero attached hydrogens (tertiary/aromatic N) is 3. The van der Waals surface area contributed by atoms with Crippen molar-refractivity contribution in [3.63, 3.8) is 0 Å². The Morgan fingerprint density at radius 2 is 1.93 bits per heavy atom. The molecule has 3 aromatic rings. The minimum atomic E-state index is -0.576. The first kappa shape index (κ1) is 30.8. The number of carbonyl (C=O) groups excluding carboxylic acids is 1. The number of ether oxygens (including phenoxy) is 3. The molecule has 2 aromatic carbocycles. The first-order valence-corrected chi connectivity index (χ1v) is 15.8. The third kappa shape index (κ3) is 7.19. The molecule has 0 aliphatic carbocycles. The van der Waals surface area contributed by atoms with E-state index >= 15 is 0 Å². The summed E-state index contributed by atoms with van der Waals surface area (Å²) in [6, 6.07) is 10.7. The average molecular weight is 645 g/mol. The van der Waals surface area contributed by atoms with Crippen LogP contribution in [0.15, 0.2) is 57.3 Å². The maximum Gasteiger partial charge on any atom is 0.255 e. The van der Waals surface area contributed by atoms with Crippen LogP contribution in [0.4, 0.5) is 11.6 Å². The number of anilines is 2. The Kier molecular flexibility index (Phi) is 11.0. The summed E-state index contributed by atoms with van der Waals surface area (Å²) >= 11 is 5.29. The summed E-state index contributed by atoms with van der Waals surface area (Å²) in [6.45, 7) is 9.15. The van der Waals surface area contributed by atoms with E-state index in [0.29, 0.717) is 58.5 Å². The van der Waals surface area contributed by atoms with E-state index < -0.39 is 6.04 Å². The molecule has 0 bridgehead atoms. The minimum Gasteiger partial charge on any atom is -0.493 e. The van der Waals surface area contributed by atoms with E-state index in [2.05, 4.69) is 40.4 Å². The zero-order valence-corrected chi connectivity index (χ0v) is 26.7. The van der Waals surface area contributed by atoms with Crippen LogP contribution in [-0.2, 0) is 4.79 Å². The lowest BCUT2D eigenvalue weighted by atomic mass is 9.94. The monoisotopic (exact) mass is 643 g/mol. The van der Waals surface area contributed by atoms with Gasteiger partial charge in [-0.2, -0.15) is 4.98 Å². The number of thioether (sulfide) groups is 1. The van der Waals surface area contributed by atoms with Crippen molar-refractivity contribution in [3.05, 3.63) is 57.7 Å². The summed E-state index contributed by atoms with van der Waals surface area (Å²) < 4.78 is 20.1. The van der Waals surface area contributed by atoms with Gasteiger partial charge in [-0.1, -0.05) is 50.6 Å². The van der Waals surface area contributed by atoms with Crippen LogP contribution in [0.1, 0.15) is 65.0 Å². The molecule has 220 valence electrons. The number of halogens is 1. The van der Waals surface area contributed by atoms with Gasteiger partial charge in [-0.3, -0.25) is 4.79 Å². The summed E-state index contributed by atoms with van der Waals surface area (Å²) in [5.74, 6) is 3.02. The zero-order valence-electron chi connectivity index (χ0n) is 24.3. The van der Waals surface area contributed by atoms with Crippen molar-refractivity contribution in [1.82, 2.24) is 14.8 Å². The fraction of sp³-hybridized carbons (Fsp3) is 0.433. The van der Waals surface area contributed by atoms with Crippen molar-refractivity contribution >= 4 is 45.2 Å². The van der Waals surface area contributed by atoms with Crippen LogP contribution in [0, 0.1) is 0 Å². The largest absolute Gasteiger partial charge is 0.493 e. The fourth-order valence-corrected chi connectivity index (χ4v) is 5.85. The van der Waals surface area contributed by atoms with E-state index in [4.69, 9.17) is 24.3 Å². The van der Waals surface area contributed by atoms with Crippen molar-refractivity contribution < 1.29 is 19.0 Å². The third-order valence-corrected chi connectivity index (χ3v) is 8.14. The summed E-state index contributed by atoms with van der Waals surface area (Å²) in [5.41, 5.74) is 2.59. The van der Waals surface area contributed by atoms with Gasteiger partial charge < -0.3 is 24.8 Å². The van der Waals surface area contributed by atoms with Crippen LogP contribution in [0.3, 0.4) is 0 Å². The van der Waals surface area contributed by atoms with Crippen LogP contribution < -0.4 is 24.8 Å². The second-order valence-electron chi connectivity index (χ2n) is 9.55. The van der Waals surface area contributed by atoms with E-state index in [0.717, 1.165) is 41.5 Å². The Balaban J connectivity index is 1.77. The van der Waals surface area contributed by atoms with Gasteiger partial charge in [-0.05, 0) is 72.4 Å². The van der Waals surface area contributed by atoms with Crippen molar-refractivity contribution in [3.8, 4) is 17.2 Å². The molecule has 2 heterocycles. The Hall–Kier alpha value is -3.18. The van der Waals surface area contributed by atoms with Gasteiger partial charge in [0.15, 0.2) is 11.5 Å². The molecule has 1 unspecified atom stereocenters. The quantitative estimate of drug-likeness (QED) is 0.138. The highest BCUT2D eigenvalue weighted by Crippen LogP contribution is 2.43. The molecule has 9 nitrogen and oxygen atoms in total. The Labute approximate surface area is 254 Å². The maximum absolute atomic E-state index is 14.0. The highest BCUT2D eigenvalue weighted by Gasteiger charge is 2.35. The highest BCUT2D eigenvalue weighted by molar-refractivity contribution is 9.10. The van der Waals surface area contributed by atoms with Crippen LogP contribution in [-0.4, -0.2) is 46.7 Å². The van der Waals surface area contributed by atoms with Crippen LogP contribution in [0.5, 0.6) is 17.2 Å².